The van der Waals surface area contributed by atoms with Crippen LogP contribution in [0.15, 0.2) is 23.8 Å². The van der Waals surface area contributed by atoms with Crippen molar-refractivity contribution in [3.8, 4) is 12.1 Å². The fourth-order valence-corrected chi connectivity index (χ4v) is 1.46. The van der Waals surface area contributed by atoms with Crippen LogP contribution in [0.4, 0.5) is 0 Å². The fourth-order valence-electron chi connectivity index (χ4n) is 1.46. The first-order valence-corrected chi connectivity index (χ1v) is 7.04. The van der Waals surface area contributed by atoms with Crippen molar-refractivity contribution in [2.24, 2.45) is 0 Å². The number of unbranched alkanes of at least 4 members (excludes halogenated alkanes) is 5. The van der Waals surface area contributed by atoms with E-state index in [1.54, 1.807) is 6.07 Å². The lowest BCUT2D eigenvalue weighted by Gasteiger charge is -2.01. The van der Waals surface area contributed by atoms with Crippen molar-refractivity contribution in [3.05, 3.63) is 23.8 Å². The Balaban J connectivity index is 0. The summed E-state index contributed by atoms with van der Waals surface area (Å²) in [6.07, 6.45) is 8.41. The Morgan fingerprint density at radius 3 is 1.95 bits per heavy atom. The van der Waals surface area contributed by atoms with Crippen molar-refractivity contribution in [2.75, 3.05) is 0 Å². The maximum atomic E-state index is 10.6. The predicted octanol–water partition coefficient (Wildman–Crippen LogP) is 3.42. The van der Waals surface area contributed by atoms with E-state index in [1.807, 2.05) is 0 Å². The van der Waals surface area contributed by atoms with Crippen molar-refractivity contribution in [1.82, 2.24) is 0 Å². The first kappa shape index (κ1) is 21.7. The van der Waals surface area contributed by atoms with Gasteiger partial charge in [0.1, 0.15) is 11.6 Å². The maximum absolute atomic E-state index is 10.6. The summed E-state index contributed by atoms with van der Waals surface area (Å²) in [5, 5.41) is 32.7. The van der Waals surface area contributed by atoms with E-state index in [-0.39, 0.29) is 5.57 Å². The second kappa shape index (κ2) is 14.8. The maximum Gasteiger partial charge on any atom is 0.345 e. The van der Waals surface area contributed by atoms with Crippen LogP contribution < -0.4 is 0 Å². The molecule has 2 N–H and O–H groups in total. The Labute approximate surface area is 131 Å². The highest BCUT2D eigenvalue weighted by Crippen LogP contribution is 2.11. The van der Waals surface area contributed by atoms with Gasteiger partial charge in [-0.1, -0.05) is 45.6 Å². The van der Waals surface area contributed by atoms with Gasteiger partial charge < -0.3 is 10.2 Å². The molecule has 0 spiro atoms. The molecule has 0 heterocycles. The predicted molar refractivity (Wildman–Crippen MR) is 81.7 cm³/mol. The molecule has 0 saturated heterocycles. The molecule has 0 atom stereocenters. The number of aliphatic carboxylic acids is 2. The molecule has 0 fully saturated rings. The number of carboxylic acid groups (broad SMARTS) is 2. The SMILES string of the molecule is C=C(C#N)C(=O)O.CCCCCCCCC(=CC#N)C(=O)O. The van der Waals surface area contributed by atoms with Gasteiger partial charge in [-0.15, -0.1) is 0 Å². The van der Waals surface area contributed by atoms with Crippen LogP contribution >= 0.6 is 0 Å². The van der Waals surface area contributed by atoms with E-state index in [0.717, 1.165) is 25.3 Å². The molecule has 0 bridgehead atoms. The van der Waals surface area contributed by atoms with Crippen molar-refractivity contribution in [1.29, 1.82) is 10.5 Å². The molecule has 0 aromatic rings. The lowest BCUT2D eigenvalue weighted by molar-refractivity contribution is -0.133. The smallest absolute Gasteiger partial charge is 0.345 e. The van der Waals surface area contributed by atoms with Gasteiger partial charge in [0.25, 0.3) is 0 Å². The minimum absolute atomic E-state index is 0.230. The molecule has 0 aliphatic heterocycles. The first-order valence-electron chi connectivity index (χ1n) is 7.04. The van der Waals surface area contributed by atoms with Gasteiger partial charge in [-0.3, -0.25) is 0 Å². The number of nitriles is 2. The molecule has 0 aromatic carbocycles. The third-order valence-corrected chi connectivity index (χ3v) is 2.71. The highest BCUT2D eigenvalue weighted by Gasteiger charge is 2.05. The van der Waals surface area contributed by atoms with Gasteiger partial charge >= 0.3 is 11.9 Å². The first-order chi connectivity index (χ1) is 10.4. The number of allylic oxidation sites excluding steroid dienone is 1. The van der Waals surface area contributed by atoms with Crippen molar-refractivity contribution < 1.29 is 19.8 Å². The molecular weight excluding hydrogens is 284 g/mol. The van der Waals surface area contributed by atoms with Gasteiger partial charge in [0.2, 0.25) is 0 Å². The third kappa shape index (κ3) is 13.8. The quantitative estimate of drug-likeness (QED) is 0.382. The molecule has 0 rings (SSSR count). The van der Waals surface area contributed by atoms with Crippen molar-refractivity contribution in [2.45, 2.75) is 51.9 Å². The van der Waals surface area contributed by atoms with Crippen LogP contribution in [-0.4, -0.2) is 22.2 Å². The summed E-state index contributed by atoms with van der Waals surface area (Å²) < 4.78 is 0. The lowest BCUT2D eigenvalue weighted by atomic mass is 10.1. The largest absolute Gasteiger partial charge is 0.478 e. The molecule has 0 amide bonds. The van der Waals surface area contributed by atoms with Crippen LogP contribution in [0.2, 0.25) is 0 Å². The number of carbonyl (C=O) groups is 2. The normalized spacial score (nSPS) is 9.68. The van der Waals surface area contributed by atoms with E-state index in [0.29, 0.717) is 6.42 Å². The molecular formula is C16H22N2O4. The number of hydrogen-bond acceptors (Lipinski definition) is 4. The standard InChI is InChI=1S/C12H19NO2.C4H3NO2/c1-2-3-4-5-6-7-8-11(9-10-13)12(14)15;1-3(2-5)4(6)7/h9H,2-8H2,1H3,(H,14,15);1H2,(H,6,7). The van der Waals surface area contributed by atoms with Crippen LogP contribution in [0.3, 0.4) is 0 Å². The summed E-state index contributed by atoms with van der Waals surface area (Å²) in [6, 6.07) is 3.14. The summed E-state index contributed by atoms with van der Waals surface area (Å²) in [5.41, 5.74) is -0.201. The Morgan fingerprint density at radius 1 is 1.05 bits per heavy atom. The topological polar surface area (TPSA) is 122 Å². The van der Waals surface area contributed by atoms with Crippen LogP contribution in [0.1, 0.15) is 51.9 Å². The second-order valence-electron chi connectivity index (χ2n) is 4.52. The molecule has 0 unspecified atom stereocenters. The molecule has 6 heteroatoms. The molecule has 6 nitrogen and oxygen atoms in total. The molecule has 0 aliphatic carbocycles. The van der Waals surface area contributed by atoms with E-state index in [9.17, 15) is 9.59 Å². The average molecular weight is 306 g/mol. The Morgan fingerprint density at radius 2 is 1.59 bits per heavy atom. The molecule has 0 aliphatic rings. The zero-order chi connectivity index (χ0) is 17.4. The van der Waals surface area contributed by atoms with Crippen LogP contribution in [-0.2, 0) is 9.59 Å². The monoisotopic (exact) mass is 306 g/mol. The number of hydrogen-bond donors (Lipinski definition) is 2. The number of carboxylic acids is 2. The van der Waals surface area contributed by atoms with E-state index < -0.39 is 17.5 Å². The highest BCUT2D eigenvalue weighted by atomic mass is 16.4. The van der Waals surface area contributed by atoms with Gasteiger partial charge in [-0.2, -0.15) is 10.5 Å². The molecule has 0 saturated carbocycles. The Bertz CT molecular complexity index is 481. The lowest BCUT2D eigenvalue weighted by Crippen LogP contribution is -2.00. The summed E-state index contributed by atoms with van der Waals surface area (Å²) in [5.74, 6) is -2.23. The van der Waals surface area contributed by atoms with Gasteiger partial charge in [0, 0.05) is 11.6 Å². The average Bonchev–Trinajstić information content (AvgIpc) is 2.49. The number of rotatable bonds is 9. The van der Waals surface area contributed by atoms with Crippen molar-refractivity contribution in [3.63, 3.8) is 0 Å². The zero-order valence-corrected chi connectivity index (χ0v) is 12.8. The summed E-state index contributed by atoms with van der Waals surface area (Å²) in [7, 11) is 0. The third-order valence-electron chi connectivity index (χ3n) is 2.71. The summed E-state index contributed by atoms with van der Waals surface area (Å²) in [4.78, 5) is 20.2. The Kier molecular flexibility index (Phi) is 14.6. The Hall–Kier alpha value is -2.60. The number of nitrogens with zero attached hydrogens (tertiary/aromatic N) is 2. The van der Waals surface area contributed by atoms with Gasteiger partial charge in [-0.05, 0) is 12.8 Å². The molecule has 0 radical (unpaired) electrons. The molecule has 22 heavy (non-hydrogen) atoms. The van der Waals surface area contributed by atoms with E-state index >= 15 is 0 Å². The van der Waals surface area contributed by atoms with Gasteiger partial charge in [0.05, 0.1) is 6.07 Å². The van der Waals surface area contributed by atoms with Crippen molar-refractivity contribution >= 4 is 11.9 Å². The van der Waals surface area contributed by atoms with E-state index in [2.05, 4.69) is 13.5 Å². The minimum Gasteiger partial charge on any atom is -0.478 e. The second-order valence-corrected chi connectivity index (χ2v) is 4.52. The zero-order valence-electron chi connectivity index (χ0n) is 12.8. The van der Waals surface area contributed by atoms with E-state index in [1.165, 1.54) is 25.3 Å². The van der Waals surface area contributed by atoms with Crippen LogP contribution in [0.25, 0.3) is 0 Å². The fraction of sp³-hybridized carbons (Fsp3) is 0.500. The highest BCUT2D eigenvalue weighted by molar-refractivity contribution is 5.90. The van der Waals surface area contributed by atoms with E-state index in [4.69, 9.17) is 20.7 Å². The van der Waals surface area contributed by atoms with Gasteiger partial charge in [-0.25, -0.2) is 9.59 Å². The molecule has 120 valence electrons. The minimum atomic E-state index is -1.26. The van der Waals surface area contributed by atoms with Crippen LogP contribution in [0, 0.1) is 22.7 Å². The summed E-state index contributed by atoms with van der Waals surface area (Å²) >= 11 is 0. The summed E-state index contributed by atoms with van der Waals surface area (Å²) in [6.45, 7) is 5.08. The van der Waals surface area contributed by atoms with Gasteiger partial charge in [0.15, 0.2) is 0 Å². The molecule has 0 aromatic heterocycles. The van der Waals surface area contributed by atoms with Crippen LogP contribution in [0.5, 0.6) is 0 Å².